The van der Waals surface area contributed by atoms with Gasteiger partial charge in [-0.05, 0) is 107 Å². The minimum atomic E-state index is -2.43. The van der Waals surface area contributed by atoms with E-state index in [9.17, 15) is 34.2 Å². The van der Waals surface area contributed by atoms with Gasteiger partial charge in [0, 0.05) is 65.6 Å². The third-order valence-corrected chi connectivity index (χ3v) is 15.1. The van der Waals surface area contributed by atoms with Crippen LogP contribution in [0.3, 0.4) is 0 Å². The van der Waals surface area contributed by atoms with E-state index in [1.807, 2.05) is 71.9 Å². The molecule has 1 aliphatic carbocycles. The Morgan fingerprint density at radius 2 is 1.54 bits per heavy atom. The summed E-state index contributed by atoms with van der Waals surface area (Å²) in [5, 5.41) is 23.5. The lowest BCUT2D eigenvalue weighted by Gasteiger charge is -2.42. The van der Waals surface area contributed by atoms with Crippen LogP contribution in [0.1, 0.15) is 139 Å². The Morgan fingerprint density at radius 3 is 2.20 bits per heavy atom. The molecule has 0 aromatic heterocycles. The Bertz CT molecular complexity index is 1830. The summed E-state index contributed by atoms with van der Waals surface area (Å²) >= 11 is 0. The number of fused-ring (bicyclic) bond motifs is 3. The largest absolute Gasteiger partial charge is 0.460 e. The number of allylic oxidation sites excluding steroid dienone is 6. The molecule has 0 aromatic rings. The molecule has 0 aromatic carbocycles. The van der Waals surface area contributed by atoms with Crippen LogP contribution in [0.5, 0.6) is 0 Å². The number of rotatable bonds is 10. The molecule has 2 bridgehead atoms. The normalized spacial score (nSPS) is 37.8. The fraction of sp³-hybridized carbons (Fsp3) is 0.768. The lowest BCUT2D eigenvalue weighted by atomic mass is 9.78. The number of carbonyl (C=O) groups excluding carboxylic acids is 5. The van der Waals surface area contributed by atoms with Crippen molar-refractivity contribution in [2.24, 2.45) is 35.5 Å². The van der Waals surface area contributed by atoms with Crippen LogP contribution >= 0.6 is 0 Å². The molecular weight excluding hydrogens is 911 g/mol. The van der Waals surface area contributed by atoms with Crippen LogP contribution in [0.15, 0.2) is 47.6 Å². The zero-order chi connectivity index (χ0) is 53.0. The quantitative estimate of drug-likeness (QED) is 0.0929. The molecular formula is C56H91NO14. The van der Waals surface area contributed by atoms with Gasteiger partial charge in [0.15, 0.2) is 5.78 Å². The van der Waals surface area contributed by atoms with Crippen LogP contribution in [0.4, 0.5) is 0 Å². The number of amides is 1. The minimum absolute atomic E-state index is 0.0197. The summed E-state index contributed by atoms with van der Waals surface area (Å²) in [4.78, 5) is 72.3. The smallest absolute Gasteiger partial charge is 0.329 e. The van der Waals surface area contributed by atoms with E-state index < -0.39 is 77.8 Å². The molecule has 15 nitrogen and oxygen atoms in total. The van der Waals surface area contributed by atoms with Gasteiger partial charge in [-0.2, -0.15) is 0 Å². The Kier molecular flexibility index (Phi) is 26.8. The first-order valence-electron chi connectivity index (χ1n) is 26.4. The van der Waals surface area contributed by atoms with Crippen molar-refractivity contribution >= 4 is 29.2 Å². The zero-order valence-corrected chi connectivity index (χ0v) is 45.4. The van der Waals surface area contributed by atoms with Crippen LogP contribution in [0, 0.1) is 35.5 Å². The predicted molar refractivity (Wildman–Crippen MR) is 272 cm³/mol. The van der Waals surface area contributed by atoms with Gasteiger partial charge in [-0.15, -0.1) is 0 Å². The molecule has 2 N–H and O–H groups in total. The standard InChI is InChI=1S/C54H85NO14.C2H6/c1-33-17-13-12-14-18-34(2)45(64-9)31-41-22-20-39(7)54(62,69-41)51(59)52(60)55-24-16-15-19-42(55)53(61)68-46(36(4)29-40-21-23-44(47(30-40)65-10)67-26-25-63-8)32-43(56)35(3)28-38(6)49(58)50(66-11)48(57)37(5)27-33;1-2/h12-14,17-18,28,33,35-37,39-42,44-47,49-50,58,62H,15-16,19-27,29-32H2,1-11H3;1-2H3/b14-12+,17-13+,34-18+,38-28+;/t33-,35-,36-,37-,39-,40+,41+,42+,44-,45+,46+,47-,49-,50+,54-;/m1./s1. The minimum Gasteiger partial charge on any atom is -0.460 e. The molecule has 3 fully saturated rings. The van der Waals surface area contributed by atoms with Crippen molar-refractivity contribution in [3.63, 3.8) is 0 Å². The molecule has 2 saturated heterocycles. The van der Waals surface area contributed by atoms with Gasteiger partial charge in [0.25, 0.3) is 11.7 Å². The third-order valence-electron chi connectivity index (χ3n) is 15.1. The van der Waals surface area contributed by atoms with E-state index in [1.165, 1.54) is 12.0 Å². The maximum Gasteiger partial charge on any atom is 0.329 e. The predicted octanol–water partition coefficient (Wildman–Crippen LogP) is 7.88. The van der Waals surface area contributed by atoms with Gasteiger partial charge in [-0.25, -0.2) is 4.79 Å². The first-order valence-corrected chi connectivity index (χ1v) is 26.4. The third kappa shape index (κ3) is 17.6. The van der Waals surface area contributed by atoms with Gasteiger partial charge in [-0.1, -0.05) is 84.9 Å². The maximum absolute atomic E-state index is 14.5. The van der Waals surface area contributed by atoms with Crippen molar-refractivity contribution in [3.05, 3.63) is 47.6 Å². The number of hydrogen-bond acceptors (Lipinski definition) is 14. The number of hydrogen-bond donors (Lipinski definition) is 2. The number of aliphatic hydroxyl groups excluding tert-OH is 1. The van der Waals surface area contributed by atoms with Crippen molar-refractivity contribution in [1.29, 1.82) is 0 Å². The van der Waals surface area contributed by atoms with Crippen molar-refractivity contribution in [2.75, 3.05) is 48.2 Å². The second kappa shape index (κ2) is 30.7. The highest BCUT2D eigenvalue weighted by Crippen LogP contribution is 2.38. The Morgan fingerprint density at radius 1 is 0.817 bits per heavy atom. The van der Waals surface area contributed by atoms with Gasteiger partial charge >= 0.3 is 5.97 Å². The van der Waals surface area contributed by atoms with Gasteiger partial charge in [-0.3, -0.25) is 19.2 Å². The van der Waals surface area contributed by atoms with Crippen LogP contribution < -0.4 is 0 Å². The fourth-order valence-corrected chi connectivity index (χ4v) is 10.6. The second-order valence-electron chi connectivity index (χ2n) is 20.4. The SMILES string of the molecule is CC.COCCO[C@@H]1CC[C@@H](C[C@@H](C)[C@@H]2CC(=O)[C@H](C)/C=C(\C)[C@@H](O)[C@@H](OC)C(=O)[C@H](C)C[C@H](C)/C=C/C=C/C=C(\C)[C@@H](OC)C[C@@H]3CC[C@@H](C)[C@@](O)(O3)C(=O)C(=O)N3CCCC[C@H]3C(=O)O2)C[C@H]1OC. The summed E-state index contributed by atoms with van der Waals surface area (Å²) in [5.41, 5.74) is 1.28. The summed E-state index contributed by atoms with van der Waals surface area (Å²) in [6, 6.07) is -1.14. The topological polar surface area (TPSA) is 194 Å². The lowest BCUT2D eigenvalue weighted by molar-refractivity contribution is -0.265. The molecule has 404 valence electrons. The summed E-state index contributed by atoms with van der Waals surface area (Å²) in [6.45, 7) is 17.8. The molecule has 4 rings (SSSR count). The Balaban J connectivity index is 0.00000657. The van der Waals surface area contributed by atoms with Gasteiger partial charge < -0.3 is 48.3 Å². The first-order chi connectivity index (χ1) is 33.8. The van der Waals surface area contributed by atoms with Crippen LogP contribution in [-0.2, 0) is 57.1 Å². The van der Waals surface area contributed by atoms with E-state index in [4.69, 9.17) is 33.2 Å². The summed E-state index contributed by atoms with van der Waals surface area (Å²) in [5.74, 6) is -7.83. The molecule has 0 radical (unpaired) electrons. The average Bonchev–Trinajstić information content (AvgIpc) is 3.36. The summed E-state index contributed by atoms with van der Waals surface area (Å²) in [7, 11) is 6.26. The Labute approximate surface area is 425 Å². The number of carbonyl (C=O) groups is 5. The van der Waals surface area contributed by atoms with Crippen molar-refractivity contribution < 1.29 is 67.3 Å². The first kappa shape index (κ1) is 61.9. The summed E-state index contributed by atoms with van der Waals surface area (Å²) < 4.78 is 41.1. The maximum atomic E-state index is 14.5. The van der Waals surface area contributed by atoms with Gasteiger partial charge in [0.1, 0.15) is 30.1 Å². The fourth-order valence-electron chi connectivity index (χ4n) is 10.6. The molecule has 1 saturated carbocycles. The van der Waals surface area contributed by atoms with Crippen LogP contribution in [-0.4, -0.2) is 147 Å². The van der Waals surface area contributed by atoms with E-state index in [0.717, 1.165) is 18.4 Å². The number of Topliss-reactive ketones (excluding diaryl/α,β-unsaturated/α-hetero) is 3. The average molecular weight is 1000 g/mol. The second-order valence-corrected chi connectivity index (χ2v) is 20.4. The van der Waals surface area contributed by atoms with Crippen molar-refractivity contribution in [3.8, 4) is 0 Å². The molecule has 1 amide bonds. The highest BCUT2D eigenvalue weighted by atomic mass is 16.6. The number of ether oxygens (including phenoxy) is 7. The molecule has 15 heteroatoms. The van der Waals surface area contributed by atoms with E-state index in [1.54, 1.807) is 48.2 Å². The molecule has 0 spiro atoms. The number of cyclic esters (lactones) is 1. The number of ketones is 3. The van der Waals surface area contributed by atoms with Crippen molar-refractivity contribution in [2.45, 2.75) is 194 Å². The zero-order valence-electron chi connectivity index (χ0n) is 45.4. The van der Waals surface area contributed by atoms with Crippen LogP contribution in [0.2, 0.25) is 0 Å². The highest BCUT2D eigenvalue weighted by Gasteiger charge is 2.53. The monoisotopic (exact) mass is 1000 g/mol. The molecule has 0 unspecified atom stereocenters. The van der Waals surface area contributed by atoms with Gasteiger partial charge in [0.2, 0.25) is 5.79 Å². The van der Waals surface area contributed by atoms with E-state index >= 15 is 0 Å². The molecule has 15 atom stereocenters. The number of piperidine rings is 1. The lowest BCUT2D eigenvalue weighted by Crippen LogP contribution is -2.61. The highest BCUT2D eigenvalue weighted by molar-refractivity contribution is 6.39. The summed E-state index contributed by atoms with van der Waals surface area (Å²) in [6.07, 6.45) is 12.4. The molecule has 3 aliphatic heterocycles. The van der Waals surface area contributed by atoms with Crippen LogP contribution in [0.25, 0.3) is 0 Å². The number of esters is 1. The number of methoxy groups -OCH3 is 4. The van der Waals surface area contributed by atoms with E-state index in [-0.39, 0.29) is 60.9 Å². The molecule has 4 aliphatic rings. The Hall–Kier alpha value is -3.41. The number of aliphatic hydroxyl groups is 2. The van der Waals surface area contributed by atoms with Gasteiger partial charge in [0.05, 0.1) is 37.6 Å². The van der Waals surface area contributed by atoms with E-state index in [0.29, 0.717) is 70.2 Å². The molecule has 3 heterocycles. The van der Waals surface area contributed by atoms with E-state index in [2.05, 4.69) is 0 Å². The van der Waals surface area contributed by atoms with Crippen molar-refractivity contribution in [1.82, 2.24) is 4.90 Å². The molecule has 71 heavy (non-hydrogen) atoms. The number of nitrogens with zero attached hydrogens (tertiary/aromatic N) is 1.